The van der Waals surface area contributed by atoms with E-state index in [1.807, 2.05) is 37.3 Å². The predicted molar refractivity (Wildman–Crippen MR) is 141 cm³/mol. The maximum atomic E-state index is 13.3. The Morgan fingerprint density at radius 2 is 1.81 bits per heavy atom. The van der Waals surface area contributed by atoms with Gasteiger partial charge in [0.05, 0.1) is 18.5 Å². The van der Waals surface area contributed by atoms with Crippen molar-refractivity contribution in [2.24, 2.45) is 0 Å². The van der Waals surface area contributed by atoms with E-state index in [4.69, 9.17) is 19.3 Å². The number of amides is 2. The minimum atomic E-state index is -0.305. The number of anilines is 1. The number of carbonyl (C=O) groups excluding carboxylic acids is 2. The molecule has 0 unspecified atom stereocenters. The van der Waals surface area contributed by atoms with Gasteiger partial charge in [-0.2, -0.15) is 5.10 Å². The highest BCUT2D eigenvalue weighted by atomic mass is 16.7. The number of carbonyl (C=O) groups is 2. The summed E-state index contributed by atoms with van der Waals surface area (Å²) in [4.78, 5) is 28.1. The monoisotopic (exact) mass is 506 g/mol. The SMILES string of the molecule is CCCCN(CC(=O)Nc1cc(C(C)(C)C)nn1-c1ccc(OC)cc1)C(=O)c1ccc2c(c1)OCO2. The fourth-order valence-corrected chi connectivity index (χ4v) is 3.93. The van der Waals surface area contributed by atoms with Crippen LogP contribution in [0.3, 0.4) is 0 Å². The van der Waals surface area contributed by atoms with Gasteiger partial charge in [0.15, 0.2) is 11.5 Å². The standard InChI is InChI=1S/C28H34N4O5/c1-6-7-14-31(27(34)19-8-13-22-23(15-19)37-18-36-22)17-26(33)29-25-16-24(28(2,3)4)30-32(25)20-9-11-21(35-5)12-10-20/h8-13,15-16H,6-7,14,17-18H2,1-5H3,(H,29,33). The molecule has 4 rings (SSSR count). The third-order valence-corrected chi connectivity index (χ3v) is 6.09. The van der Waals surface area contributed by atoms with Crippen molar-refractivity contribution in [1.82, 2.24) is 14.7 Å². The van der Waals surface area contributed by atoms with Crippen LogP contribution in [0, 0.1) is 0 Å². The molecule has 0 radical (unpaired) electrons. The van der Waals surface area contributed by atoms with Crippen LogP contribution in [0.4, 0.5) is 5.82 Å². The molecule has 3 aromatic rings. The van der Waals surface area contributed by atoms with Gasteiger partial charge in [-0.3, -0.25) is 9.59 Å². The first kappa shape index (κ1) is 26.1. The summed E-state index contributed by atoms with van der Waals surface area (Å²) in [6, 6.07) is 14.4. The largest absolute Gasteiger partial charge is 0.497 e. The molecule has 0 atom stereocenters. The molecule has 1 N–H and O–H groups in total. The Morgan fingerprint density at radius 1 is 1.08 bits per heavy atom. The van der Waals surface area contributed by atoms with Crippen LogP contribution in [0.2, 0.25) is 0 Å². The predicted octanol–water partition coefficient (Wildman–Crippen LogP) is 4.79. The number of aromatic nitrogens is 2. The normalized spacial score (nSPS) is 12.4. The Hall–Kier alpha value is -4.01. The highest BCUT2D eigenvalue weighted by Crippen LogP contribution is 2.33. The first-order valence-corrected chi connectivity index (χ1v) is 12.4. The Kier molecular flexibility index (Phi) is 7.71. The third kappa shape index (κ3) is 6.04. The van der Waals surface area contributed by atoms with Crippen molar-refractivity contribution in [3.8, 4) is 22.9 Å². The lowest BCUT2D eigenvalue weighted by Gasteiger charge is -2.22. The molecule has 9 heteroatoms. The number of benzene rings is 2. The van der Waals surface area contributed by atoms with Gasteiger partial charge in [0, 0.05) is 23.6 Å². The van der Waals surface area contributed by atoms with Crippen LogP contribution in [0.1, 0.15) is 56.6 Å². The Balaban J connectivity index is 1.56. The van der Waals surface area contributed by atoms with E-state index in [2.05, 4.69) is 26.1 Å². The Morgan fingerprint density at radius 3 is 2.49 bits per heavy atom. The fourth-order valence-electron chi connectivity index (χ4n) is 3.93. The van der Waals surface area contributed by atoms with E-state index >= 15 is 0 Å². The first-order valence-electron chi connectivity index (χ1n) is 12.4. The summed E-state index contributed by atoms with van der Waals surface area (Å²) < 4.78 is 17.7. The zero-order chi connectivity index (χ0) is 26.6. The van der Waals surface area contributed by atoms with Crippen molar-refractivity contribution in [3.05, 3.63) is 59.8 Å². The van der Waals surface area contributed by atoms with E-state index < -0.39 is 0 Å². The number of hydrogen-bond donors (Lipinski definition) is 1. The summed E-state index contributed by atoms with van der Waals surface area (Å²) in [6.45, 7) is 8.74. The molecule has 1 aliphatic heterocycles. The van der Waals surface area contributed by atoms with Crippen LogP contribution in [-0.4, -0.2) is 53.5 Å². The molecule has 37 heavy (non-hydrogen) atoms. The summed E-state index contributed by atoms with van der Waals surface area (Å²) in [5.74, 6) is 1.86. The molecule has 0 saturated carbocycles. The number of ether oxygens (including phenoxy) is 3. The van der Waals surface area contributed by atoms with E-state index in [1.165, 1.54) is 0 Å². The lowest BCUT2D eigenvalue weighted by atomic mass is 9.92. The molecular formula is C28H34N4O5. The fraction of sp³-hybridized carbons (Fsp3) is 0.393. The molecule has 0 saturated heterocycles. The Labute approximate surface area is 217 Å². The molecule has 9 nitrogen and oxygen atoms in total. The zero-order valence-electron chi connectivity index (χ0n) is 22.0. The number of methoxy groups -OCH3 is 1. The van der Waals surface area contributed by atoms with Gasteiger partial charge in [-0.1, -0.05) is 34.1 Å². The molecule has 0 aliphatic carbocycles. The van der Waals surface area contributed by atoms with Crippen molar-refractivity contribution >= 4 is 17.6 Å². The van der Waals surface area contributed by atoms with Gasteiger partial charge < -0.3 is 24.4 Å². The van der Waals surface area contributed by atoms with Crippen molar-refractivity contribution in [1.29, 1.82) is 0 Å². The summed E-state index contributed by atoms with van der Waals surface area (Å²) in [5, 5.41) is 7.74. The average molecular weight is 507 g/mol. The van der Waals surface area contributed by atoms with Crippen molar-refractivity contribution < 1.29 is 23.8 Å². The van der Waals surface area contributed by atoms with E-state index in [1.54, 1.807) is 34.9 Å². The Bertz CT molecular complexity index is 1260. The maximum absolute atomic E-state index is 13.3. The smallest absolute Gasteiger partial charge is 0.254 e. The molecule has 0 bridgehead atoms. The average Bonchev–Trinajstić information content (AvgIpc) is 3.53. The molecular weight excluding hydrogens is 472 g/mol. The molecule has 1 aromatic heterocycles. The number of nitrogens with zero attached hydrogens (tertiary/aromatic N) is 3. The molecule has 2 amide bonds. The van der Waals surface area contributed by atoms with Gasteiger partial charge in [-0.15, -0.1) is 0 Å². The summed E-state index contributed by atoms with van der Waals surface area (Å²) in [5.41, 5.74) is 1.84. The summed E-state index contributed by atoms with van der Waals surface area (Å²) >= 11 is 0. The lowest BCUT2D eigenvalue weighted by molar-refractivity contribution is -0.117. The minimum Gasteiger partial charge on any atom is -0.497 e. The highest BCUT2D eigenvalue weighted by molar-refractivity contribution is 5.99. The number of unbranched alkanes of at least 4 members (excludes halogenated alkanes) is 1. The topological polar surface area (TPSA) is 94.9 Å². The van der Waals surface area contributed by atoms with Gasteiger partial charge in [-0.05, 0) is 48.9 Å². The van der Waals surface area contributed by atoms with Crippen LogP contribution < -0.4 is 19.5 Å². The van der Waals surface area contributed by atoms with Crippen LogP contribution in [0.5, 0.6) is 17.2 Å². The van der Waals surface area contributed by atoms with E-state index in [-0.39, 0.29) is 30.6 Å². The molecule has 2 heterocycles. The summed E-state index contributed by atoms with van der Waals surface area (Å²) in [6.07, 6.45) is 1.67. The minimum absolute atomic E-state index is 0.0914. The van der Waals surface area contributed by atoms with Gasteiger partial charge in [0.1, 0.15) is 18.1 Å². The van der Waals surface area contributed by atoms with Crippen LogP contribution in [0.25, 0.3) is 5.69 Å². The second-order valence-corrected chi connectivity index (χ2v) is 9.97. The first-order chi connectivity index (χ1) is 17.7. The third-order valence-electron chi connectivity index (χ3n) is 6.09. The number of hydrogen-bond acceptors (Lipinski definition) is 6. The second kappa shape index (κ2) is 10.9. The molecule has 0 fully saturated rings. The van der Waals surface area contributed by atoms with Crippen LogP contribution >= 0.6 is 0 Å². The van der Waals surface area contributed by atoms with Crippen molar-refractivity contribution in [2.75, 3.05) is 32.3 Å². The van der Waals surface area contributed by atoms with Crippen LogP contribution in [0.15, 0.2) is 48.5 Å². The van der Waals surface area contributed by atoms with E-state index in [0.29, 0.717) is 29.4 Å². The number of nitrogens with one attached hydrogen (secondary N) is 1. The van der Waals surface area contributed by atoms with Gasteiger partial charge in [0.2, 0.25) is 12.7 Å². The van der Waals surface area contributed by atoms with Gasteiger partial charge in [-0.25, -0.2) is 4.68 Å². The highest BCUT2D eigenvalue weighted by Gasteiger charge is 2.24. The number of rotatable bonds is 9. The molecule has 0 spiro atoms. The quantitative estimate of drug-likeness (QED) is 0.449. The zero-order valence-corrected chi connectivity index (χ0v) is 22.0. The van der Waals surface area contributed by atoms with Crippen molar-refractivity contribution in [2.45, 2.75) is 46.0 Å². The molecule has 1 aliphatic rings. The lowest BCUT2D eigenvalue weighted by Crippen LogP contribution is -2.39. The van der Waals surface area contributed by atoms with Crippen molar-refractivity contribution in [3.63, 3.8) is 0 Å². The summed E-state index contributed by atoms with van der Waals surface area (Å²) in [7, 11) is 1.61. The van der Waals surface area contributed by atoms with Gasteiger partial charge in [0.25, 0.3) is 5.91 Å². The molecule has 2 aromatic carbocycles. The van der Waals surface area contributed by atoms with Gasteiger partial charge >= 0.3 is 0 Å². The second-order valence-electron chi connectivity index (χ2n) is 9.97. The maximum Gasteiger partial charge on any atom is 0.254 e. The number of fused-ring (bicyclic) bond motifs is 1. The van der Waals surface area contributed by atoms with E-state index in [9.17, 15) is 9.59 Å². The van der Waals surface area contributed by atoms with Crippen LogP contribution in [-0.2, 0) is 10.2 Å². The van der Waals surface area contributed by atoms with E-state index in [0.717, 1.165) is 30.0 Å². The molecule has 196 valence electrons.